The van der Waals surface area contributed by atoms with Gasteiger partial charge in [0.1, 0.15) is 5.82 Å². The van der Waals surface area contributed by atoms with Crippen molar-refractivity contribution in [3.05, 3.63) is 89.6 Å². The molecule has 33 heavy (non-hydrogen) atoms. The quantitative estimate of drug-likeness (QED) is 0.341. The zero-order valence-electron chi connectivity index (χ0n) is 17.8. The van der Waals surface area contributed by atoms with E-state index in [9.17, 15) is 9.59 Å². The summed E-state index contributed by atoms with van der Waals surface area (Å²) >= 11 is 0. The number of fused-ring (bicyclic) bond motifs is 1. The molecule has 166 valence electrons. The van der Waals surface area contributed by atoms with Gasteiger partial charge >= 0.3 is 0 Å². The van der Waals surface area contributed by atoms with Crippen molar-refractivity contribution in [1.29, 1.82) is 0 Å². The number of anilines is 2. The lowest BCUT2D eigenvalue weighted by Gasteiger charge is -2.34. The fraction of sp³-hybridized carbons (Fsp3) is 0.0833. The van der Waals surface area contributed by atoms with Gasteiger partial charge in [0, 0.05) is 22.6 Å². The first-order valence-electron chi connectivity index (χ1n) is 9.99. The molecule has 9 heteroatoms. The van der Waals surface area contributed by atoms with Gasteiger partial charge in [-0.2, -0.15) is 0 Å². The third-order valence-corrected chi connectivity index (χ3v) is 5.39. The van der Waals surface area contributed by atoms with Crippen LogP contribution in [0.5, 0.6) is 5.88 Å². The highest BCUT2D eigenvalue weighted by molar-refractivity contribution is 5.98. The summed E-state index contributed by atoms with van der Waals surface area (Å²) in [6.07, 6.45) is 1.41. The lowest BCUT2D eigenvalue weighted by atomic mass is 9.81. The van der Waals surface area contributed by atoms with Crippen LogP contribution in [-0.4, -0.2) is 28.9 Å². The molecule has 2 amide bonds. The number of nitrogen functional groups attached to an aromatic ring is 1. The fourth-order valence-corrected chi connectivity index (χ4v) is 3.74. The first-order chi connectivity index (χ1) is 15.8. The number of nitrogens with one attached hydrogen (secondary N) is 1. The predicted octanol–water partition coefficient (Wildman–Crippen LogP) is 2.16. The number of hydrogen-bond acceptors (Lipinski definition) is 7. The van der Waals surface area contributed by atoms with Gasteiger partial charge in [-0.25, -0.2) is 9.97 Å². The molecular weight excluding hydrogens is 420 g/mol. The number of nitrogens with zero attached hydrogens (tertiary/aromatic N) is 2. The van der Waals surface area contributed by atoms with Crippen LogP contribution in [0.25, 0.3) is 10.9 Å². The zero-order chi connectivity index (χ0) is 23.6. The van der Waals surface area contributed by atoms with E-state index in [0.717, 1.165) is 5.39 Å². The Bertz CT molecular complexity index is 1360. The maximum atomic E-state index is 13.1. The first kappa shape index (κ1) is 21.6. The van der Waals surface area contributed by atoms with Crippen LogP contribution in [0.2, 0.25) is 0 Å². The molecule has 0 aliphatic carbocycles. The Hall–Kier alpha value is -4.66. The lowest BCUT2D eigenvalue weighted by molar-refractivity contribution is -0.121. The Morgan fingerprint density at radius 1 is 1.00 bits per heavy atom. The van der Waals surface area contributed by atoms with Crippen LogP contribution in [0.15, 0.2) is 72.9 Å². The number of pyridine rings is 2. The Kier molecular flexibility index (Phi) is 5.53. The second kappa shape index (κ2) is 8.46. The summed E-state index contributed by atoms with van der Waals surface area (Å²) in [5.74, 6) is -0.673. The molecule has 4 aromatic rings. The molecule has 7 N–H and O–H groups in total. The van der Waals surface area contributed by atoms with Gasteiger partial charge in [-0.05, 0) is 29.8 Å². The second-order valence-electron chi connectivity index (χ2n) is 7.39. The fourth-order valence-electron chi connectivity index (χ4n) is 3.74. The van der Waals surface area contributed by atoms with Crippen molar-refractivity contribution in [2.45, 2.75) is 5.54 Å². The molecule has 0 fully saturated rings. The van der Waals surface area contributed by atoms with Crippen LogP contribution >= 0.6 is 0 Å². The van der Waals surface area contributed by atoms with Crippen molar-refractivity contribution in [3.8, 4) is 5.88 Å². The van der Waals surface area contributed by atoms with Crippen molar-refractivity contribution >= 4 is 34.2 Å². The maximum Gasteiger partial charge on any atom is 0.252 e. The van der Waals surface area contributed by atoms with Crippen LogP contribution in [0, 0.1) is 0 Å². The number of rotatable bonds is 7. The Morgan fingerprint density at radius 2 is 1.73 bits per heavy atom. The topological polar surface area (TPSA) is 159 Å². The number of nitrogens with two attached hydrogens (primary N) is 3. The van der Waals surface area contributed by atoms with Crippen molar-refractivity contribution in [2.24, 2.45) is 11.5 Å². The van der Waals surface area contributed by atoms with Crippen LogP contribution in [0.4, 0.5) is 11.5 Å². The summed E-state index contributed by atoms with van der Waals surface area (Å²) in [6.45, 7) is 0. The molecule has 1 atom stereocenters. The maximum absolute atomic E-state index is 13.1. The Labute approximate surface area is 189 Å². The van der Waals surface area contributed by atoms with Gasteiger partial charge in [0.15, 0.2) is 5.54 Å². The van der Waals surface area contributed by atoms with Crippen molar-refractivity contribution in [1.82, 2.24) is 9.97 Å². The van der Waals surface area contributed by atoms with E-state index in [0.29, 0.717) is 28.0 Å². The summed E-state index contributed by atoms with van der Waals surface area (Å²) in [6, 6.07) is 19.0. The molecular formula is C24H22N6O3. The van der Waals surface area contributed by atoms with Gasteiger partial charge in [-0.15, -0.1) is 0 Å². The van der Waals surface area contributed by atoms with Crippen LogP contribution in [0.1, 0.15) is 21.5 Å². The molecule has 0 spiro atoms. The molecule has 0 saturated heterocycles. The average Bonchev–Trinajstić information content (AvgIpc) is 2.83. The Morgan fingerprint density at radius 3 is 2.39 bits per heavy atom. The minimum atomic E-state index is -1.59. The molecule has 2 heterocycles. The standard InChI is InChI=1S/C24H22N6O3/c1-33-21-12-17(18(25)13-28-21)24(23(27)32,16-5-3-2-4-6-16)30-20-10-9-14-7-8-15(22(26)31)11-19(14)29-20/h2-13H,25H2,1H3,(H2,26,31)(H2,27,32)(H,29,30). The SMILES string of the molecule is COc1cc(C(Nc2ccc3ccc(C(N)=O)cc3n2)(C(N)=O)c2ccccc2)c(N)cn1. The number of hydrogen-bond donors (Lipinski definition) is 4. The van der Waals surface area contributed by atoms with Crippen molar-refractivity contribution in [3.63, 3.8) is 0 Å². The zero-order valence-corrected chi connectivity index (χ0v) is 17.8. The van der Waals surface area contributed by atoms with E-state index in [1.54, 1.807) is 54.6 Å². The predicted molar refractivity (Wildman–Crippen MR) is 126 cm³/mol. The van der Waals surface area contributed by atoms with E-state index in [2.05, 4.69) is 15.3 Å². The van der Waals surface area contributed by atoms with Crippen molar-refractivity contribution < 1.29 is 14.3 Å². The molecule has 0 aliphatic rings. The first-order valence-corrected chi connectivity index (χ1v) is 9.99. The summed E-state index contributed by atoms with van der Waals surface area (Å²) in [7, 11) is 1.46. The number of carbonyl (C=O) groups is 2. The van der Waals surface area contributed by atoms with E-state index < -0.39 is 17.4 Å². The van der Waals surface area contributed by atoms with E-state index in [1.807, 2.05) is 12.1 Å². The molecule has 0 bridgehead atoms. The van der Waals surface area contributed by atoms with Gasteiger partial charge in [-0.1, -0.05) is 36.4 Å². The molecule has 2 aromatic heterocycles. The summed E-state index contributed by atoms with van der Waals surface area (Å²) in [5.41, 5.74) is 18.1. The molecule has 0 radical (unpaired) electrons. The number of benzene rings is 2. The summed E-state index contributed by atoms with van der Waals surface area (Å²) in [5, 5.41) is 3.98. The number of ether oxygens (including phenoxy) is 1. The molecule has 0 aliphatic heterocycles. The minimum absolute atomic E-state index is 0.239. The van der Waals surface area contributed by atoms with Gasteiger partial charge < -0.3 is 27.3 Å². The highest BCUT2D eigenvalue weighted by Crippen LogP contribution is 2.38. The van der Waals surface area contributed by atoms with Gasteiger partial charge in [0.25, 0.3) is 5.91 Å². The lowest BCUT2D eigenvalue weighted by Crippen LogP contribution is -2.49. The van der Waals surface area contributed by atoms with Gasteiger partial charge in [-0.3, -0.25) is 9.59 Å². The molecule has 4 rings (SSSR count). The number of methoxy groups -OCH3 is 1. The van der Waals surface area contributed by atoms with E-state index in [1.165, 1.54) is 13.3 Å². The number of carbonyl (C=O) groups excluding carboxylic acids is 2. The highest BCUT2D eigenvalue weighted by Gasteiger charge is 2.43. The second-order valence-corrected chi connectivity index (χ2v) is 7.39. The molecule has 9 nitrogen and oxygen atoms in total. The van der Waals surface area contributed by atoms with Gasteiger partial charge in [0.05, 0.1) is 24.5 Å². The summed E-state index contributed by atoms with van der Waals surface area (Å²) < 4.78 is 5.26. The van der Waals surface area contributed by atoms with E-state index in [-0.39, 0.29) is 11.6 Å². The molecule has 1 unspecified atom stereocenters. The minimum Gasteiger partial charge on any atom is -0.481 e. The van der Waals surface area contributed by atoms with Gasteiger partial charge in [0.2, 0.25) is 11.8 Å². The van der Waals surface area contributed by atoms with Crippen molar-refractivity contribution in [2.75, 3.05) is 18.2 Å². The Balaban J connectivity index is 1.94. The number of amides is 2. The van der Waals surface area contributed by atoms with Crippen LogP contribution < -0.4 is 27.3 Å². The average molecular weight is 442 g/mol. The summed E-state index contributed by atoms with van der Waals surface area (Å²) in [4.78, 5) is 33.4. The van der Waals surface area contributed by atoms with Crippen LogP contribution in [0.3, 0.4) is 0 Å². The number of primary amides is 2. The number of aromatic nitrogens is 2. The normalized spacial score (nSPS) is 12.6. The highest BCUT2D eigenvalue weighted by atomic mass is 16.5. The largest absolute Gasteiger partial charge is 0.481 e. The molecule has 0 saturated carbocycles. The molecule has 2 aromatic carbocycles. The monoisotopic (exact) mass is 442 g/mol. The van der Waals surface area contributed by atoms with E-state index in [4.69, 9.17) is 21.9 Å². The van der Waals surface area contributed by atoms with E-state index >= 15 is 0 Å². The third kappa shape index (κ3) is 3.87. The van der Waals surface area contributed by atoms with Crippen LogP contribution in [-0.2, 0) is 10.3 Å². The smallest absolute Gasteiger partial charge is 0.252 e. The third-order valence-electron chi connectivity index (χ3n) is 5.39.